The Hall–Kier alpha value is -3.39. The van der Waals surface area contributed by atoms with Gasteiger partial charge in [0.05, 0.1) is 17.1 Å². The Morgan fingerprint density at radius 1 is 1.03 bits per heavy atom. The maximum Gasteiger partial charge on any atom is 0.293 e. The highest BCUT2D eigenvalue weighted by atomic mass is 32.2. The Balaban J connectivity index is 1.87. The van der Waals surface area contributed by atoms with Crippen LogP contribution in [0.15, 0.2) is 71.9 Å². The average molecular weight is 455 g/mol. The second-order valence-electron chi connectivity index (χ2n) is 7.48. The van der Waals surface area contributed by atoms with Gasteiger partial charge in [-0.3, -0.25) is 14.1 Å². The summed E-state index contributed by atoms with van der Waals surface area (Å²) in [5, 5.41) is 0. The summed E-state index contributed by atoms with van der Waals surface area (Å²) in [5.74, 6) is 0.552. The van der Waals surface area contributed by atoms with Crippen molar-refractivity contribution in [3.05, 3.63) is 83.7 Å². The molecular formula is C24H26N2O5S. The van der Waals surface area contributed by atoms with Gasteiger partial charge in [-0.2, -0.15) is 0 Å². The summed E-state index contributed by atoms with van der Waals surface area (Å²) < 4.78 is 39.1. The molecule has 3 aromatic rings. The molecule has 0 spiro atoms. The lowest BCUT2D eigenvalue weighted by molar-refractivity contribution is -0.132. The molecule has 0 saturated carbocycles. The minimum atomic E-state index is -3.91. The molecule has 0 amide bonds. The zero-order chi connectivity index (χ0) is 23.1. The zero-order valence-corrected chi connectivity index (χ0v) is 19.1. The Kier molecular flexibility index (Phi) is 7.48. The third-order valence-electron chi connectivity index (χ3n) is 4.90. The number of hydrogen-bond acceptors (Lipinski definition) is 6. The van der Waals surface area contributed by atoms with Gasteiger partial charge in [-0.1, -0.05) is 17.7 Å². The van der Waals surface area contributed by atoms with Gasteiger partial charge < -0.3 is 9.47 Å². The van der Waals surface area contributed by atoms with Gasteiger partial charge in [0.1, 0.15) is 18.5 Å². The summed E-state index contributed by atoms with van der Waals surface area (Å²) in [6.45, 7) is 6.11. The van der Waals surface area contributed by atoms with Gasteiger partial charge >= 0.3 is 0 Å². The van der Waals surface area contributed by atoms with Gasteiger partial charge in [-0.25, -0.2) is 8.42 Å². The number of nitrogens with zero attached hydrogens (tertiary/aromatic N) is 2. The number of rotatable bonds is 10. The van der Waals surface area contributed by atoms with E-state index in [1.165, 1.54) is 16.4 Å². The second-order valence-corrected chi connectivity index (χ2v) is 9.35. The topological polar surface area (TPSA) is 85.8 Å². The number of aromatic nitrogens is 1. The predicted molar refractivity (Wildman–Crippen MR) is 122 cm³/mol. The molecule has 32 heavy (non-hydrogen) atoms. The highest BCUT2D eigenvalue weighted by molar-refractivity contribution is 7.92. The molecule has 0 fully saturated rings. The van der Waals surface area contributed by atoms with Crippen LogP contribution in [0.25, 0.3) is 0 Å². The molecule has 0 bridgehead atoms. The molecule has 1 aromatic heterocycles. The Morgan fingerprint density at radius 2 is 1.72 bits per heavy atom. The summed E-state index contributed by atoms with van der Waals surface area (Å²) in [7, 11) is -3.91. The van der Waals surface area contributed by atoms with Crippen molar-refractivity contribution in [1.82, 2.24) is 4.98 Å². The lowest BCUT2D eigenvalue weighted by Crippen LogP contribution is -2.38. The van der Waals surface area contributed by atoms with E-state index in [4.69, 9.17) is 9.47 Å². The average Bonchev–Trinajstić information content (AvgIpc) is 2.78. The SMILES string of the molecule is Cc1ccc(N(CC(C)OC=O)S(=O)(=O)c2ccc(OCc3ccncc3)cc2)c(C)c1. The summed E-state index contributed by atoms with van der Waals surface area (Å²) in [5.41, 5.74) is 3.33. The first kappa shape index (κ1) is 23.3. The lowest BCUT2D eigenvalue weighted by Gasteiger charge is -2.28. The van der Waals surface area contributed by atoms with E-state index in [1.54, 1.807) is 37.5 Å². The van der Waals surface area contributed by atoms with Crippen LogP contribution in [-0.2, 0) is 26.2 Å². The van der Waals surface area contributed by atoms with E-state index in [1.807, 2.05) is 38.1 Å². The monoisotopic (exact) mass is 454 g/mol. The molecule has 0 aliphatic rings. The first-order chi connectivity index (χ1) is 15.3. The number of hydrogen-bond donors (Lipinski definition) is 0. The molecule has 8 heteroatoms. The number of benzene rings is 2. The molecule has 1 heterocycles. The summed E-state index contributed by atoms with van der Waals surface area (Å²) in [6.07, 6.45) is 2.75. The molecule has 1 atom stereocenters. The minimum absolute atomic E-state index is 0.00866. The van der Waals surface area contributed by atoms with Crippen LogP contribution in [0.1, 0.15) is 23.6 Å². The lowest BCUT2D eigenvalue weighted by atomic mass is 10.1. The van der Waals surface area contributed by atoms with Gasteiger partial charge in [-0.05, 0) is 74.4 Å². The maximum atomic E-state index is 13.5. The third kappa shape index (κ3) is 5.64. The standard InChI is InChI=1S/C24H26N2O5S/c1-18-4-9-24(19(2)14-18)26(15-20(3)31-17-27)32(28,29)23-7-5-22(6-8-23)30-16-21-10-12-25-13-11-21/h4-14,17,20H,15-16H2,1-3H3. The third-order valence-corrected chi connectivity index (χ3v) is 6.69. The van der Waals surface area contributed by atoms with Gasteiger partial charge in [0.15, 0.2) is 0 Å². The van der Waals surface area contributed by atoms with Crippen LogP contribution in [0, 0.1) is 13.8 Å². The first-order valence-electron chi connectivity index (χ1n) is 10.1. The van der Waals surface area contributed by atoms with Crippen molar-refractivity contribution < 1.29 is 22.7 Å². The maximum absolute atomic E-state index is 13.5. The van der Waals surface area contributed by atoms with Crippen LogP contribution >= 0.6 is 0 Å². The number of carbonyl (C=O) groups excluding carboxylic acids is 1. The molecule has 0 aliphatic carbocycles. The molecule has 3 rings (SSSR count). The van der Waals surface area contributed by atoms with Crippen molar-refractivity contribution in [2.75, 3.05) is 10.8 Å². The van der Waals surface area contributed by atoms with Crippen LogP contribution < -0.4 is 9.04 Å². The van der Waals surface area contributed by atoms with E-state index in [0.717, 1.165) is 16.7 Å². The van der Waals surface area contributed by atoms with E-state index in [-0.39, 0.29) is 11.4 Å². The smallest absolute Gasteiger partial charge is 0.293 e. The van der Waals surface area contributed by atoms with Crippen LogP contribution in [0.2, 0.25) is 0 Å². The predicted octanol–water partition coefficient (Wildman–Crippen LogP) is 4.03. The van der Waals surface area contributed by atoms with E-state index >= 15 is 0 Å². The van der Waals surface area contributed by atoms with E-state index in [0.29, 0.717) is 24.5 Å². The molecule has 0 radical (unpaired) electrons. The fraction of sp³-hybridized carbons (Fsp3) is 0.250. The van der Waals surface area contributed by atoms with Crippen LogP contribution in [0.4, 0.5) is 5.69 Å². The van der Waals surface area contributed by atoms with Gasteiger partial charge in [0.25, 0.3) is 16.5 Å². The molecular weight excluding hydrogens is 428 g/mol. The molecule has 2 aromatic carbocycles. The Morgan fingerprint density at radius 3 is 2.34 bits per heavy atom. The molecule has 0 aliphatic heterocycles. The highest BCUT2D eigenvalue weighted by Gasteiger charge is 2.28. The van der Waals surface area contributed by atoms with Gasteiger partial charge in [-0.15, -0.1) is 0 Å². The molecule has 0 N–H and O–H groups in total. The number of pyridine rings is 1. The number of aryl methyl sites for hydroxylation is 2. The Bertz CT molecular complexity index is 1150. The van der Waals surface area contributed by atoms with Crippen molar-refractivity contribution in [2.45, 2.75) is 38.4 Å². The van der Waals surface area contributed by atoms with Gasteiger partial charge in [0, 0.05) is 12.4 Å². The van der Waals surface area contributed by atoms with Crippen molar-refractivity contribution in [3.8, 4) is 5.75 Å². The van der Waals surface area contributed by atoms with Crippen LogP contribution in [0.5, 0.6) is 5.75 Å². The summed E-state index contributed by atoms with van der Waals surface area (Å²) in [4.78, 5) is 14.8. The van der Waals surface area contributed by atoms with Crippen molar-refractivity contribution in [1.29, 1.82) is 0 Å². The molecule has 1 unspecified atom stereocenters. The number of ether oxygens (including phenoxy) is 2. The quantitative estimate of drug-likeness (QED) is 0.430. The van der Waals surface area contributed by atoms with E-state index in [2.05, 4.69) is 4.98 Å². The molecule has 0 saturated heterocycles. The highest BCUT2D eigenvalue weighted by Crippen LogP contribution is 2.29. The molecule has 7 nitrogen and oxygen atoms in total. The minimum Gasteiger partial charge on any atom is -0.489 e. The van der Waals surface area contributed by atoms with Crippen LogP contribution in [-0.4, -0.2) is 32.5 Å². The number of sulfonamides is 1. The summed E-state index contributed by atoms with van der Waals surface area (Å²) in [6, 6.07) is 15.5. The van der Waals surface area contributed by atoms with Crippen molar-refractivity contribution >= 4 is 22.2 Å². The Labute approximate surface area is 188 Å². The summed E-state index contributed by atoms with van der Waals surface area (Å²) >= 11 is 0. The first-order valence-corrected chi connectivity index (χ1v) is 11.6. The van der Waals surface area contributed by atoms with Crippen molar-refractivity contribution in [2.24, 2.45) is 0 Å². The van der Waals surface area contributed by atoms with E-state index < -0.39 is 16.1 Å². The van der Waals surface area contributed by atoms with E-state index in [9.17, 15) is 13.2 Å². The zero-order valence-electron chi connectivity index (χ0n) is 18.3. The second kappa shape index (κ2) is 10.3. The number of carbonyl (C=O) groups is 1. The normalized spacial score (nSPS) is 12.1. The van der Waals surface area contributed by atoms with Crippen LogP contribution in [0.3, 0.4) is 0 Å². The van der Waals surface area contributed by atoms with Gasteiger partial charge in [0.2, 0.25) is 0 Å². The van der Waals surface area contributed by atoms with Crippen molar-refractivity contribution in [3.63, 3.8) is 0 Å². The molecule has 168 valence electrons. The number of anilines is 1. The largest absolute Gasteiger partial charge is 0.489 e. The fourth-order valence-corrected chi connectivity index (χ4v) is 4.87. The fourth-order valence-electron chi connectivity index (χ4n) is 3.26.